The van der Waals surface area contributed by atoms with Gasteiger partial charge >= 0.3 is 5.97 Å². The van der Waals surface area contributed by atoms with Gasteiger partial charge in [-0.05, 0) is 35.0 Å². The zero-order valence-electron chi connectivity index (χ0n) is 11.2. The third kappa shape index (κ3) is 2.85. The summed E-state index contributed by atoms with van der Waals surface area (Å²) < 4.78 is 6.83. The lowest BCUT2D eigenvalue weighted by atomic mass is 10.0. The van der Waals surface area contributed by atoms with Crippen LogP contribution in [0, 0.1) is 0 Å². The van der Waals surface area contributed by atoms with Crippen LogP contribution in [0.4, 0.5) is 0 Å². The molecule has 1 aromatic heterocycles. The zero-order chi connectivity index (χ0) is 14.8. The molecule has 1 N–H and O–H groups in total. The van der Waals surface area contributed by atoms with Crippen molar-refractivity contribution in [3.63, 3.8) is 0 Å². The number of carbonyl (C=O) groups is 1. The maximum atomic E-state index is 10.6. The molecule has 0 spiro atoms. The number of hydrogen-bond acceptors (Lipinski definition) is 2. The Morgan fingerprint density at radius 3 is 2.57 bits per heavy atom. The Morgan fingerprint density at radius 1 is 1.05 bits per heavy atom. The van der Waals surface area contributed by atoms with Crippen molar-refractivity contribution in [2.75, 3.05) is 0 Å². The van der Waals surface area contributed by atoms with E-state index >= 15 is 0 Å². The summed E-state index contributed by atoms with van der Waals surface area (Å²) in [7, 11) is 0. The number of fused-ring (bicyclic) bond motifs is 1. The number of carboxylic acids is 1. The summed E-state index contributed by atoms with van der Waals surface area (Å²) >= 11 is 3.55. The largest absolute Gasteiger partial charge is 0.481 e. The molecule has 0 bridgehead atoms. The van der Waals surface area contributed by atoms with Crippen molar-refractivity contribution >= 4 is 32.7 Å². The lowest BCUT2D eigenvalue weighted by molar-refractivity contribution is -0.137. The van der Waals surface area contributed by atoms with Gasteiger partial charge in [0.1, 0.15) is 11.5 Å². The first kappa shape index (κ1) is 13.9. The summed E-state index contributed by atoms with van der Waals surface area (Å²) in [6.45, 7) is 0. The van der Waals surface area contributed by atoms with Gasteiger partial charge in [0.05, 0.1) is 6.42 Å². The third-order valence-electron chi connectivity index (χ3n) is 3.38. The molecule has 0 fully saturated rings. The summed E-state index contributed by atoms with van der Waals surface area (Å²) in [6, 6.07) is 15.8. The van der Waals surface area contributed by atoms with Crippen molar-refractivity contribution < 1.29 is 14.3 Å². The van der Waals surface area contributed by atoms with Gasteiger partial charge in [0.25, 0.3) is 0 Å². The molecule has 0 saturated carbocycles. The van der Waals surface area contributed by atoms with Gasteiger partial charge < -0.3 is 9.52 Å². The highest BCUT2D eigenvalue weighted by Gasteiger charge is 2.10. The molecular formula is C17H13BrO3. The standard InChI is InChI=1S/C17H13BrO3/c18-15-8-7-14(12-3-1-2-4-13(12)15)16-9-5-11(21-16)6-10-17(19)20/h1-5,7-9H,6,10H2,(H,19,20). The molecule has 4 heteroatoms. The number of furan rings is 1. The van der Waals surface area contributed by atoms with Crippen LogP contribution >= 0.6 is 15.9 Å². The van der Waals surface area contributed by atoms with Crippen molar-refractivity contribution in [1.82, 2.24) is 0 Å². The fourth-order valence-corrected chi connectivity index (χ4v) is 2.84. The quantitative estimate of drug-likeness (QED) is 0.733. The van der Waals surface area contributed by atoms with Crippen LogP contribution < -0.4 is 0 Å². The Hall–Kier alpha value is -2.07. The number of benzene rings is 2. The minimum Gasteiger partial charge on any atom is -0.481 e. The fourth-order valence-electron chi connectivity index (χ4n) is 2.36. The topological polar surface area (TPSA) is 50.4 Å². The van der Waals surface area contributed by atoms with Gasteiger partial charge in [0.15, 0.2) is 0 Å². The summed E-state index contributed by atoms with van der Waals surface area (Å²) in [5, 5.41) is 11.0. The first-order valence-corrected chi connectivity index (χ1v) is 7.42. The molecular weight excluding hydrogens is 332 g/mol. The number of aliphatic carboxylic acids is 1. The number of rotatable bonds is 4. The molecule has 2 aromatic carbocycles. The van der Waals surface area contributed by atoms with Crippen LogP contribution in [0.5, 0.6) is 0 Å². The van der Waals surface area contributed by atoms with Gasteiger partial charge in [-0.2, -0.15) is 0 Å². The number of halogens is 1. The first-order valence-electron chi connectivity index (χ1n) is 6.63. The van der Waals surface area contributed by atoms with E-state index in [0.717, 1.165) is 26.6 Å². The minimum absolute atomic E-state index is 0.0774. The maximum Gasteiger partial charge on any atom is 0.303 e. The van der Waals surface area contributed by atoms with Crippen LogP contribution in [0.3, 0.4) is 0 Å². The molecule has 3 nitrogen and oxygen atoms in total. The van der Waals surface area contributed by atoms with Crippen molar-refractivity contribution in [3.05, 3.63) is 58.8 Å². The minimum atomic E-state index is -0.818. The Morgan fingerprint density at radius 2 is 1.81 bits per heavy atom. The van der Waals surface area contributed by atoms with Gasteiger partial charge in [-0.25, -0.2) is 0 Å². The average Bonchev–Trinajstić information content (AvgIpc) is 2.94. The normalized spacial score (nSPS) is 10.9. The molecule has 21 heavy (non-hydrogen) atoms. The van der Waals surface area contributed by atoms with E-state index in [9.17, 15) is 4.79 Å². The smallest absolute Gasteiger partial charge is 0.303 e. The van der Waals surface area contributed by atoms with Crippen LogP contribution in [-0.2, 0) is 11.2 Å². The second-order valence-corrected chi connectivity index (χ2v) is 5.65. The van der Waals surface area contributed by atoms with Gasteiger partial charge in [-0.15, -0.1) is 0 Å². The van der Waals surface area contributed by atoms with Crippen molar-refractivity contribution in [2.24, 2.45) is 0 Å². The van der Waals surface area contributed by atoms with Crippen LogP contribution in [-0.4, -0.2) is 11.1 Å². The van der Waals surface area contributed by atoms with E-state index < -0.39 is 5.97 Å². The maximum absolute atomic E-state index is 10.6. The molecule has 0 aliphatic rings. The molecule has 0 atom stereocenters. The Bertz CT molecular complexity index is 805. The molecule has 0 aliphatic carbocycles. The zero-order valence-corrected chi connectivity index (χ0v) is 12.8. The van der Waals surface area contributed by atoms with Gasteiger partial charge in [0.2, 0.25) is 0 Å². The van der Waals surface area contributed by atoms with Gasteiger partial charge in [0, 0.05) is 16.5 Å². The van der Waals surface area contributed by atoms with Gasteiger partial charge in [-0.3, -0.25) is 4.79 Å². The molecule has 0 saturated heterocycles. The first-order chi connectivity index (χ1) is 10.1. The van der Waals surface area contributed by atoms with E-state index in [2.05, 4.69) is 28.1 Å². The van der Waals surface area contributed by atoms with Crippen molar-refractivity contribution in [1.29, 1.82) is 0 Å². The Kier molecular flexibility index (Phi) is 3.80. The van der Waals surface area contributed by atoms with E-state index in [-0.39, 0.29) is 6.42 Å². The highest BCUT2D eigenvalue weighted by molar-refractivity contribution is 9.10. The highest BCUT2D eigenvalue weighted by Crippen LogP contribution is 2.34. The predicted octanol–water partition coefficient (Wildman–Crippen LogP) is 4.88. The van der Waals surface area contributed by atoms with Crippen LogP contribution in [0.1, 0.15) is 12.2 Å². The molecule has 1 heterocycles. The van der Waals surface area contributed by atoms with Crippen LogP contribution in [0.25, 0.3) is 22.1 Å². The molecule has 0 unspecified atom stereocenters. The molecule has 0 amide bonds. The second kappa shape index (κ2) is 5.74. The van der Waals surface area contributed by atoms with Crippen LogP contribution in [0.15, 0.2) is 57.4 Å². The van der Waals surface area contributed by atoms with Crippen molar-refractivity contribution in [2.45, 2.75) is 12.8 Å². The van der Waals surface area contributed by atoms with E-state index in [0.29, 0.717) is 12.2 Å². The van der Waals surface area contributed by atoms with Crippen LogP contribution in [0.2, 0.25) is 0 Å². The summed E-state index contributed by atoms with van der Waals surface area (Å²) in [5.41, 5.74) is 1.01. The lowest BCUT2D eigenvalue weighted by Crippen LogP contribution is -1.96. The molecule has 0 aliphatic heterocycles. The molecule has 0 radical (unpaired) electrons. The molecule has 3 aromatic rings. The van der Waals surface area contributed by atoms with Gasteiger partial charge in [-0.1, -0.05) is 40.2 Å². The lowest BCUT2D eigenvalue weighted by Gasteiger charge is -2.06. The third-order valence-corrected chi connectivity index (χ3v) is 4.07. The highest BCUT2D eigenvalue weighted by atomic mass is 79.9. The molecule has 106 valence electrons. The predicted molar refractivity (Wildman–Crippen MR) is 85.3 cm³/mol. The van der Waals surface area contributed by atoms with E-state index in [1.165, 1.54) is 0 Å². The Balaban J connectivity index is 2.01. The fraction of sp³-hybridized carbons (Fsp3) is 0.118. The monoisotopic (exact) mass is 344 g/mol. The van der Waals surface area contributed by atoms with Crippen molar-refractivity contribution in [3.8, 4) is 11.3 Å². The number of hydrogen-bond donors (Lipinski definition) is 1. The average molecular weight is 345 g/mol. The number of aryl methyl sites for hydroxylation is 1. The number of carboxylic acid groups (broad SMARTS) is 1. The van der Waals surface area contributed by atoms with E-state index in [1.54, 1.807) is 0 Å². The van der Waals surface area contributed by atoms with E-state index in [1.807, 2.05) is 36.4 Å². The second-order valence-electron chi connectivity index (χ2n) is 4.80. The summed E-state index contributed by atoms with van der Waals surface area (Å²) in [6.07, 6.45) is 0.484. The Labute approximate surface area is 130 Å². The molecule has 3 rings (SSSR count). The summed E-state index contributed by atoms with van der Waals surface area (Å²) in [5.74, 6) is 0.639. The van der Waals surface area contributed by atoms with E-state index in [4.69, 9.17) is 9.52 Å². The SMILES string of the molecule is O=C(O)CCc1ccc(-c2ccc(Br)c3ccccc23)o1. The summed E-state index contributed by atoms with van der Waals surface area (Å²) in [4.78, 5) is 10.6.